The van der Waals surface area contributed by atoms with Crippen LogP contribution in [0, 0.1) is 5.82 Å². The van der Waals surface area contributed by atoms with E-state index in [1.807, 2.05) is 0 Å². The molecule has 0 aliphatic rings. The molecular formula is C9H11ClFNO2. The van der Waals surface area contributed by atoms with Crippen LogP contribution >= 0.6 is 11.6 Å². The van der Waals surface area contributed by atoms with Crippen molar-refractivity contribution in [3.63, 3.8) is 0 Å². The second kappa shape index (κ2) is 4.59. The molecule has 5 heteroatoms. The van der Waals surface area contributed by atoms with Crippen LogP contribution in [-0.4, -0.2) is 23.8 Å². The maximum atomic E-state index is 13.3. The summed E-state index contributed by atoms with van der Waals surface area (Å²) >= 11 is 5.69. The van der Waals surface area contributed by atoms with Crippen LogP contribution in [0.4, 0.5) is 4.39 Å². The third kappa shape index (κ3) is 2.15. The molecule has 1 unspecified atom stereocenters. The summed E-state index contributed by atoms with van der Waals surface area (Å²) in [6.45, 7) is 0.167. The number of nitrogens with one attached hydrogen (secondary N) is 1. The van der Waals surface area contributed by atoms with Gasteiger partial charge in [0.15, 0.2) is 11.6 Å². The van der Waals surface area contributed by atoms with Crippen LogP contribution in [0.1, 0.15) is 11.7 Å². The molecule has 0 radical (unpaired) electrons. The van der Waals surface area contributed by atoms with Crippen molar-refractivity contribution in [1.29, 1.82) is 0 Å². The Morgan fingerprint density at radius 1 is 1.57 bits per heavy atom. The SMILES string of the molecule is CNCC(O)c1c(Cl)ccc(O)c1F. The number of aromatic hydroxyl groups is 1. The molecule has 0 saturated carbocycles. The van der Waals surface area contributed by atoms with Crippen LogP contribution in [0.15, 0.2) is 12.1 Å². The molecule has 0 fully saturated rings. The zero-order valence-corrected chi connectivity index (χ0v) is 8.35. The summed E-state index contributed by atoms with van der Waals surface area (Å²) in [4.78, 5) is 0. The van der Waals surface area contributed by atoms with Gasteiger partial charge < -0.3 is 15.5 Å². The Labute approximate surface area is 86.1 Å². The van der Waals surface area contributed by atoms with Gasteiger partial charge in [-0.3, -0.25) is 0 Å². The molecule has 1 rings (SSSR count). The molecule has 0 aliphatic heterocycles. The lowest BCUT2D eigenvalue weighted by molar-refractivity contribution is 0.172. The van der Waals surface area contributed by atoms with Gasteiger partial charge in [0, 0.05) is 17.1 Å². The van der Waals surface area contributed by atoms with E-state index in [9.17, 15) is 9.50 Å². The van der Waals surface area contributed by atoms with E-state index in [1.165, 1.54) is 6.07 Å². The number of hydrogen-bond acceptors (Lipinski definition) is 3. The summed E-state index contributed by atoms with van der Waals surface area (Å²) in [7, 11) is 1.62. The number of hydrogen-bond donors (Lipinski definition) is 3. The monoisotopic (exact) mass is 219 g/mol. The number of halogens is 2. The Balaban J connectivity index is 3.11. The van der Waals surface area contributed by atoms with Gasteiger partial charge in [-0.25, -0.2) is 4.39 Å². The first-order valence-corrected chi connectivity index (χ1v) is 4.45. The van der Waals surface area contributed by atoms with Gasteiger partial charge in [0.2, 0.25) is 0 Å². The second-order valence-corrected chi connectivity index (χ2v) is 3.27. The summed E-state index contributed by atoms with van der Waals surface area (Å²) in [5, 5.41) is 21.4. The van der Waals surface area contributed by atoms with Gasteiger partial charge in [0.1, 0.15) is 0 Å². The smallest absolute Gasteiger partial charge is 0.172 e. The van der Waals surface area contributed by atoms with Crippen LogP contribution in [0.5, 0.6) is 5.75 Å². The lowest BCUT2D eigenvalue weighted by Gasteiger charge is -2.13. The van der Waals surface area contributed by atoms with E-state index in [0.717, 1.165) is 6.07 Å². The van der Waals surface area contributed by atoms with Crippen molar-refractivity contribution in [3.8, 4) is 5.75 Å². The number of aliphatic hydroxyl groups is 1. The summed E-state index contributed by atoms with van der Waals surface area (Å²) in [6.07, 6.45) is -1.07. The maximum Gasteiger partial charge on any atom is 0.172 e. The number of phenolic OH excluding ortho intramolecular Hbond substituents is 1. The lowest BCUT2D eigenvalue weighted by atomic mass is 10.1. The fourth-order valence-corrected chi connectivity index (χ4v) is 1.43. The topological polar surface area (TPSA) is 52.5 Å². The van der Waals surface area contributed by atoms with Crippen LogP contribution in [-0.2, 0) is 0 Å². The quantitative estimate of drug-likeness (QED) is 0.721. The predicted octanol–water partition coefficient (Wildman–Crippen LogP) is 1.44. The standard InChI is InChI=1S/C9H11ClFNO2/c1-12-4-7(14)8-5(10)2-3-6(13)9(8)11/h2-3,7,12-14H,4H2,1H3. The summed E-state index contributed by atoms with van der Waals surface area (Å²) in [5.41, 5.74) is -0.0824. The molecule has 14 heavy (non-hydrogen) atoms. The van der Waals surface area contributed by atoms with Crippen molar-refractivity contribution in [3.05, 3.63) is 28.5 Å². The molecule has 0 spiro atoms. The number of rotatable bonds is 3. The molecule has 0 amide bonds. The normalized spacial score (nSPS) is 12.9. The van der Waals surface area contributed by atoms with E-state index >= 15 is 0 Å². The Morgan fingerprint density at radius 3 is 2.79 bits per heavy atom. The highest BCUT2D eigenvalue weighted by atomic mass is 35.5. The largest absolute Gasteiger partial charge is 0.505 e. The Hall–Kier alpha value is -0.840. The van der Waals surface area contributed by atoms with Crippen molar-refractivity contribution in [2.45, 2.75) is 6.10 Å². The summed E-state index contributed by atoms with van der Waals surface area (Å²) < 4.78 is 13.3. The molecule has 1 atom stereocenters. The van der Waals surface area contributed by atoms with Crippen LogP contribution in [0.3, 0.4) is 0 Å². The number of benzene rings is 1. The minimum atomic E-state index is -1.07. The molecule has 78 valence electrons. The van der Waals surface area contributed by atoms with E-state index in [-0.39, 0.29) is 17.1 Å². The number of aliphatic hydroxyl groups excluding tert-OH is 1. The lowest BCUT2D eigenvalue weighted by Crippen LogP contribution is -2.18. The number of likely N-dealkylation sites (N-methyl/N-ethyl adjacent to an activating group) is 1. The molecule has 1 aromatic rings. The van der Waals surface area contributed by atoms with Gasteiger partial charge in [0.25, 0.3) is 0 Å². The molecule has 0 heterocycles. The second-order valence-electron chi connectivity index (χ2n) is 2.87. The average molecular weight is 220 g/mol. The minimum Gasteiger partial charge on any atom is -0.505 e. The highest BCUT2D eigenvalue weighted by molar-refractivity contribution is 6.31. The molecule has 0 saturated heterocycles. The molecule has 0 aromatic heterocycles. The van der Waals surface area contributed by atoms with Crippen molar-refractivity contribution < 1.29 is 14.6 Å². The van der Waals surface area contributed by atoms with Crippen LogP contribution in [0.25, 0.3) is 0 Å². The Morgan fingerprint density at radius 2 is 2.21 bits per heavy atom. The molecular weight excluding hydrogens is 209 g/mol. The molecule has 3 N–H and O–H groups in total. The fourth-order valence-electron chi connectivity index (χ4n) is 1.16. The van der Waals surface area contributed by atoms with Crippen molar-refractivity contribution in [1.82, 2.24) is 5.32 Å². The first kappa shape index (κ1) is 11.2. The fraction of sp³-hybridized carbons (Fsp3) is 0.333. The Bertz CT molecular complexity index is 333. The zero-order valence-electron chi connectivity index (χ0n) is 7.59. The van der Waals surface area contributed by atoms with Gasteiger partial charge in [0.05, 0.1) is 6.10 Å². The Kier molecular flexibility index (Phi) is 3.69. The first-order chi connectivity index (χ1) is 6.57. The highest BCUT2D eigenvalue weighted by Gasteiger charge is 2.18. The van der Waals surface area contributed by atoms with Gasteiger partial charge in [-0.1, -0.05) is 11.6 Å². The van der Waals surface area contributed by atoms with E-state index in [1.54, 1.807) is 7.05 Å². The summed E-state index contributed by atoms with van der Waals surface area (Å²) in [5.74, 6) is -1.39. The summed E-state index contributed by atoms with van der Waals surface area (Å²) in [6, 6.07) is 2.49. The van der Waals surface area contributed by atoms with Gasteiger partial charge in [-0.15, -0.1) is 0 Å². The van der Waals surface area contributed by atoms with E-state index in [2.05, 4.69) is 5.32 Å². The number of phenols is 1. The third-order valence-electron chi connectivity index (χ3n) is 1.84. The predicted molar refractivity (Wildman–Crippen MR) is 52.0 cm³/mol. The molecule has 1 aromatic carbocycles. The van der Waals surface area contributed by atoms with Gasteiger partial charge in [-0.05, 0) is 19.2 Å². The zero-order chi connectivity index (χ0) is 10.7. The van der Waals surface area contributed by atoms with Crippen LogP contribution < -0.4 is 5.32 Å². The molecule has 3 nitrogen and oxygen atoms in total. The van der Waals surface area contributed by atoms with E-state index < -0.39 is 17.7 Å². The first-order valence-electron chi connectivity index (χ1n) is 4.07. The molecule has 0 bridgehead atoms. The van der Waals surface area contributed by atoms with Crippen LogP contribution in [0.2, 0.25) is 5.02 Å². The van der Waals surface area contributed by atoms with Crippen molar-refractivity contribution in [2.24, 2.45) is 0 Å². The average Bonchev–Trinajstić information content (AvgIpc) is 2.13. The minimum absolute atomic E-state index is 0.0824. The maximum absolute atomic E-state index is 13.3. The third-order valence-corrected chi connectivity index (χ3v) is 2.17. The highest BCUT2D eigenvalue weighted by Crippen LogP contribution is 2.30. The van der Waals surface area contributed by atoms with Crippen molar-refractivity contribution in [2.75, 3.05) is 13.6 Å². The van der Waals surface area contributed by atoms with E-state index in [4.69, 9.17) is 16.7 Å². The van der Waals surface area contributed by atoms with Gasteiger partial charge in [-0.2, -0.15) is 0 Å². The van der Waals surface area contributed by atoms with Gasteiger partial charge >= 0.3 is 0 Å². The van der Waals surface area contributed by atoms with Crippen molar-refractivity contribution >= 4 is 11.6 Å². The van der Waals surface area contributed by atoms with E-state index in [0.29, 0.717) is 0 Å². The molecule has 0 aliphatic carbocycles.